The lowest BCUT2D eigenvalue weighted by molar-refractivity contribution is -0.136. The second-order valence-corrected chi connectivity index (χ2v) is 6.14. The van der Waals surface area contributed by atoms with Crippen molar-refractivity contribution in [2.24, 2.45) is 0 Å². The molecule has 0 unspecified atom stereocenters. The van der Waals surface area contributed by atoms with Gasteiger partial charge in [-0.3, -0.25) is 9.59 Å². The van der Waals surface area contributed by atoms with Gasteiger partial charge in [-0.2, -0.15) is 0 Å². The van der Waals surface area contributed by atoms with Gasteiger partial charge in [-0.25, -0.2) is 4.79 Å². The quantitative estimate of drug-likeness (QED) is 0.556. The molecule has 3 N–H and O–H groups in total. The molecule has 2 rings (SSSR count). The maximum atomic E-state index is 12.1. The minimum absolute atomic E-state index is 0.194. The summed E-state index contributed by atoms with van der Waals surface area (Å²) < 4.78 is 10.1. The first kappa shape index (κ1) is 20.8. The largest absolute Gasteiger partial charge is 0.497 e. The third-order valence-corrected chi connectivity index (χ3v) is 4.03. The lowest BCUT2D eigenvalue weighted by Crippen LogP contribution is -2.37. The number of nitrogens with zero attached hydrogens (tertiary/aromatic N) is 1. The number of likely N-dealkylation sites (N-methyl/N-ethyl adjacent to an activating group) is 1. The highest BCUT2D eigenvalue weighted by atomic mass is 16.5. The fraction of sp³-hybridized carbons (Fsp3) is 0.250. The Morgan fingerprint density at radius 1 is 1.14 bits per heavy atom. The topological polar surface area (TPSA) is 111 Å². The number of aryl methyl sites for hydroxylation is 1. The Hall–Kier alpha value is -3.55. The Morgan fingerprint density at radius 3 is 2.57 bits per heavy atom. The number of carbonyl (C=O) groups excluding carboxylic acids is 3. The number of nitrogen functional groups attached to an aromatic ring is 1. The van der Waals surface area contributed by atoms with Gasteiger partial charge in [0.05, 0.1) is 19.2 Å². The monoisotopic (exact) mass is 385 g/mol. The summed E-state index contributed by atoms with van der Waals surface area (Å²) in [7, 11) is 2.97. The molecule has 0 bridgehead atoms. The van der Waals surface area contributed by atoms with Crippen LogP contribution in [0.4, 0.5) is 11.4 Å². The zero-order chi connectivity index (χ0) is 20.7. The van der Waals surface area contributed by atoms with Crippen LogP contribution in [0.3, 0.4) is 0 Å². The third kappa shape index (κ3) is 5.47. The summed E-state index contributed by atoms with van der Waals surface area (Å²) in [5.41, 5.74) is 7.65. The van der Waals surface area contributed by atoms with E-state index in [0.29, 0.717) is 17.1 Å². The fourth-order valence-corrected chi connectivity index (χ4v) is 2.38. The molecular formula is C20H23N3O5. The number of benzene rings is 2. The molecule has 2 amide bonds. The van der Waals surface area contributed by atoms with Gasteiger partial charge in [0.2, 0.25) is 5.91 Å². The molecule has 8 heteroatoms. The van der Waals surface area contributed by atoms with Gasteiger partial charge >= 0.3 is 5.97 Å². The highest BCUT2D eigenvalue weighted by Crippen LogP contribution is 2.18. The normalized spacial score (nSPS) is 10.1. The van der Waals surface area contributed by atoms with Crippen LogP contribution in [-0.2, 0) is 14.3 Å². The summed E-state index contributed by atoms with van der Waals surface area (Å²) in [6.45, 7) is 1.08. The van der Waals surface area contributed by atoms with Crippen LogP contribution in [-0.4, -0.2) is 50.0 Å². The number of hydrogen-bond acceptors (Lipinski definition) is 6. The number of ether oxygens (including phenoxy) is 2. The molecule has 28 heavy (non-hydrogen) atoms. The number of esters is 1. The van der Waals surface area contributed by atoms with E-state index in [4.69, 9.17) is 15.2 Å². The van der Waals surface area contributed by atoms with Crippen LogP contribution in [0.5, 0.6) is 5.75 Å². The minimum atomic E-state index is -0.691. The second-order valence-electron chi connectivity index (χ2n) is 6.14. The molecule has 8 nitrogen and oxygen atoms in total. The number of rotatable bonds is 7. The molecular weight excluding hydrogens is 362 g/mol. The van der Waals surface area contributed by atoms with Crippen LogP contribution in [0.15, 0.2) is 42.5 Å². The number of methoxy groups -OCH3 is 1. The lowest BCUT2D eigenvalue weighted by atomic mass is 10.1. The first-order valence-corrected chi connectivity index (χ1v) is 8.52. The predicted molar refractivity (Wildman–Crippen MR) is 105 cm³/mol. The van der Waals surface area contributed by atoms with Crippen LogP contribution in [0.2, 0.25) is 0 Å². The van der Waals surface area contributed by atoms with Crippen molar-refractivity contribution in [3.8, 4) is 5.75 Å². The van der Waals surface area contributed by atoms with Gasteiger partial charge in [0.1, 0.15) is 5.75 Å². The molecule has 0 atom stereocenters. The molecule has 0 saturated carbocycles. The molecule has 0 spiro atoms. The van der Waals surface area contributed by atoms with Gasteiger partial charge in [-0.1, -0.05) is 18.2 Å². The van der Waals surface area contributed by atoms with Gasteiger partial charge in [0.15, 0.2) is 6.61 Å². The highest BCUT2D eigenvalue weighted by Gasteiger charge is 2.18. The molecule has 148 valence electrons. The second kappa shape index (κ2) is 9.40. The van der Waals surface area contributed by atoms with E-state index in [2.05, 4.69) is 5.32 Å². The Labute approximate surface area is 163 Å². The van der Waals surface area contributed by atoms with Crippen LogP contribution < -0.4 is 15.8 Å². The van der Waals surface area contributed by atoms with E-state index in [-0.39, 0.29) is 12.1 Å². The Kier molecular flexibility index (Phi) is 6.97. The molecule has 0 aliphatic rings. The summed E-state index contributed by atoms with van der Waals surface area (Å²) in [5.74, 6) is -0.993. The number of para-hydroxylation sites is 1. The van der Waals surface area contributed by atoms with E-state index in [1.165, 1.54) is 25.1 Å². The van der Waals surface area contributed by atoms with Crippen molar-refractivity contribution in [1.29, 1.82) is 0 Å². The molecule has 0 aromatic heterocycles. The van der Waals surface area contributed by atoms with Crippen molar-refractivity contribution >= 4 is 29.2 Å². The van der Waals surface area contributed by atoms with Crippen LogP contribution in [0.25, 0.3) is 0 Å². The van der Waals surface area contributed by atoms with Crippen molar-refractivity contribution in [3.63, 3.8) is 0 Å². The molecule has 0 radical (unpaired) electrons. The van der Waals surface area contributed by atoms with Gasteiger partial charge < -0.3 is 25.4 Å². The van der Waals surface area contributed by atoms with Crippen LogP contribution in [0.1, 0.15) is 15.9 Å². The van der Waals surface area contributed by atoms with E-state index in [0.717, 1.165) is 5.56 Å². The lowest BCUT2D eigenvalue weighted by Gasteiger charge is -2.17. The van der Waals surface area contributed by atoms with Gasteiger partial charge in [-0.15, -0.1) is 0 Å². The molecule has 0 aliphatic carbocycles. The number of nitrogens with two attached hydrogens (primary N) is 1. The first-order chi connectivity index (χ1) is 13.3. The molecule has 0 heterocycles. The number of carbonyl (C=O) groups is 3. The highest BCUT2D eigenvalue weighted by molar-refractivity contribution is 5.98. The first-order valence-electron chi connectivity index (χ1n) is 8.52. The summed E-state index contributed by atoms with van der Waals surface area (Å²) in [4.78, 5) is 37.5. The summed E-state index contributed by atoms with van der Waals surface area (Å²) in [5, 5.41) is 2.67. The maximum absolute atomic E-state index is 12.1. The van der Waals surface area contributed by atoms with E-state index >= 15 is 0 Å². The molecule has 0 aliphatic heterocycles. The average Bonchev–Trinajstić information content (AvgIpc) is 2.67. The summed E-state index contributed by atoms with van der Waals surface area (Å²) in [6, 6.07) is 11.8. The van der Waals surface area contributed by atoms with E-state index in [9.17, 15) is 14.4 Å². The molecule has 2 aromatic carbocycles. The molecule has 0 saturated heterocycles. The van der Waals surface area contributed by atoms with Crippen LogP contribution in [0, 0.1) is 6.92 Å². The third-order valence-electron chi connectivity index (χ3n) is 4.03. The number of amides is 2. The van der Waals surface area contributed by atoms with Gasteiger partial charge in [0, 0.05) is 24.5 Å². The molecule has 0 fully saturated rings. The number of hydrogen-bond donors (Lipinski definition) is 2. The molecule has 2 aromatic rings. The standard InChI is InChI=1S/C20H23N3O5/c1-13-6-4-9-16(19(13)21)20(26)28-12-18(25)23(2)11-17(24)22-14-7-5-8-15(10-14)27-3/h4-10H,11-12,21H2,1-3H3,(H,22,24). The van der Waals surface area contributed by atoms with Crippen molar-refractivity contribution in [2.75, 3.05) is 38.4 Å². The minimum Gasteiger partial charge on any atom is -0.497 e. The summed E-state index contributed by atoms with van der Waals surface area (Å²) in [6.07, 6.45) is 0. The Morgan fingerprint density at radius 2 is 1.86 bits per heavy atom. The zero-order valence-corrected chi connectivity index (χ0v) is 16.0. The Bertz CT molecular complexity index is 882. The van der Waals surface area contributed by atoms with Gasteiger partial charge in [-0.05, 0) is 30.7 Å². The van der Waals surface area contributed by atoms with E-state index in [1.807, 2.05) is 0 Å². The predicted octanol–water partition coefficient (Wildman–Crippen LogP) is 1.84. The van der Waals surface area contributed by atoms with E-state index in [1.54, 1.807) is 43.3 Å². The van der Waals surface area contributed by atoms with Crippen molar-refractivity contribution < 1.29 is 23.9 Å². The SMILES string of the molecule is COc1cccc(NC(=O)CN(C)C(=O)COC(=O)c2cccc(C)c2N)c1. The van der Waals surface area contributed by atoms with Crippen molar-refractivity contribution in [3.05, 3.63) is 53.6 Å². The average molecular weight is 385 g/mol. The Balaban J connectivity index is 1.85. The van der Waals surface area contributed by atoms with Crippen molar-refractivity contribution in [2.45, 2.75) is 6.92 Å². The number of anilines is 2. The number of nitrogens with one attached hydrogen (secondary N) is 1. The smallest absolute Gasteiger partial charge is 0.340 e. The van der Waals surface area contributed by atoms with Gasteiger partial charge in [0.25, 0.3) is 5.91 Å². The maximum Gasteiger partial charge on any atom is 0.340 e. The summed E-state index contributed by atoms with van der Waals surface area (Å²) >= 11 is 0. The fourth-order valence-electron chi connectivity index (χ4n) is 2.38. The van der Waals surface area contributed by atoms with Crippen molar-refractivity contribution in [1.82, 2.24) is 4.90 Å². The zero-order valence-electron chi connectivity index (χ0n) is 16.0. The van der Waals surface area contributed by atoms with E-state index < -0.39 is 24.4 Å². The van der Waals surface area contributed by atoms with Crippen LogP contribution >= 0.6 is 0 Å².